The van der Waals surface area contributed by atoms with Gasteiger partial charge in [0.15, 0.2) is 0 Å². The number of aliphatic hydroxyl groups excluding tert-OH is 2. The summed E-state index contributed by atoms with van der Waals surface area (Å²) in [5.41, 5.74) is 4.65. The van der Waals surface area contributed by atoms with Gasteiger partial charge in [-0.15, -0.1) is 18.2 Å². The number of hydrogen-bond donors (Lipinski definition) is 3. The Morgan fingerprint density at radius 2 is 1.64 bits per heavy atom. The zero-order valence-corrected chi connectivity index (χ0v) is 37.8. The molecule has 1 aliphatic heterocycles. The number of amides is 2. The molecule has 1 fully saturated rings. The fourth-order valence-corrected chi connectivity index (χ4v) is 9.76. The van der Waals surface area contributed by atoms with Crippen LogP contribution in [0.1, 0.15) is 73.1 Å². The van der Waals surface area contributed by atoms with Crippen LogP contribution in [0.15, 0.2) is 133 Å². The van der Waals surface area contributed by atoms with E-state index in [1.807, 2.05) is 66.7 Å². The molecule has 4 aromatic rings. The van der Waals surface area contributed by atoms with Crippen LogP contribution in [-0.2, 0) is 34.0 Å². The molecule has 0 spiro atoms. The molecule has 14 heteroatoms. The lowest BCUT2D eigenvalue weighted by molar-refractivity contribution is -0.256. The minimum atomic E-state index is -1.60. The molecule has 3 aliphatic rings. The van der Waals surface area contributed by atoms with E-state index in [2.05, 4.69) is 18.0 Å². The number of nitrogens with one attached hydrogen (secondary N) is 1. The maximum atomic E-state index is 14.5. The summed E-state index contributed by atoms with van der Waals surface area (Å²) in [5, 5.41) is 27.7. The third-order valence-corrected chi connectivity index (χ3v) is 12.7. The van der Waals surface area contributed by atoms with Crippen molar-refractivity contribution in [2.75, 3.05) is 32.3 Å². The van der Waals surface area contributed by atoms with E-state index in [0.29, 0.717) is 48.5 Å². The van der Waals surface area contributed by atoms with Gasteiger partial charge in [0.2, 0.25) is 5.79 Å². The van der Waals surface area contributed by atoms with Crippen LogP contribution < -0.4 is 14.8 Å². The van der Waals surface area contributed by atoms with E-state index in [0.717, 1.165) is 35.1 Å². The number of alkyl halides is 1. The van der Waals surface area contributed by atoms with Gasteiger partial charge in [-0.25, -0.2) is 14.0 Å². The maximum Gasteiger partial charge on any atom is 0.412 e. The highest BCUT2D eigenvalue weighted by Gasteiger charge is 2.65. The second-order valence-electron chi connectivity index (χ2n) is 16.8. The lowest BCUT2D eigenvalue weighted by Crippen LogP contribution is -2.70. The van der Waals surface area contributed by atoms with Crippen molar-refractivity contribution in [1.82, 2.24) is 10.2 Å². The van der Waals surface area contributed by atoms with Crippen molar-refractivity contribution in [2.24, 2.45) is 22.9 Å². The monoisotopic (exact) mass is 923 g/mol. The van der Waals surface area contributed by atoms with E-state index in [1.54, 1.807) is 35.2 Å². The first kappa shape index (κ1) is 48.2. The molecule has 0 bridgehead atoms. The molecular formula is C52H59ClFN3O9. The van der Waals surface area contributed by atoms with Gasteiger partial charge < -0.3 is 39.3 Å². The summed E-state index contributed by atoms with van der Waals surface area (Å²) in [5.74, 6) is -2.34. The van der Waals surface area contributed by atoms with E-state index >= 15 is 0 Å². The Morgan fingerprint density at radius 1 is 0.924 bits per heavy atom. The molecule has 0 unspecified atom stereocenters. The van der Waals surface area contributed by atoms with Crippen LogP contribution in [0.4, 0.5) is 14.0 Å². The molecule has 1 saturated carbocycles. The van der Waals surface area contributed by atoms with Crippen LogP contribution >= 0.6 is 11.6 Å². The molecule has 2 amide bonds. The molecule has 0 aromatic heterocycles. The Morgan fingerprint density at radius 3 is 2.33 bits per heavy atom. The molecule has 3 N–H and O–H groups in total. The number of aliphatic hydroxyl groups is 2. The van der Waals surface area contributed by atoms with Crippen LogP contribution in [0, 0.1) is 23.6 Å². The van der Waals surface area contributed by atoms with E-state index in [9.17, 15) is 24.2 Å². The summed E-state index contributed by atoms with van der Waals surface area (Å²) in [4.78, 5) is 35.6. The van der Waals surface area contributed by atoms with Gasteiger partial charge in [0, 0.05) is 44.2 Å². The van der Waals surface area contributed by atoms with Gasteiger partial charge in [-0.05, 0) is 90.1 Å². The summed E-state index contributed by atoms with van der Waals surface area (Å²) >= 11 is 6.08. The SMILES string of the molecule is C=CCO[C@@]12Oc3ccc(OC(=O)NCc4ccccc4)cc3[C@H]3[C@H](CCCCO)[C@@H](CCCCO)C=C(C(=NOCc4ccccc4)C[C@@H]1N(Cc1ccc(F)cc1)C(=O)OCCCl)[C@H]32. The number of nitrogens with zero attached hydrogens (tertiary/aromatic N) is 2. The smallest absolute Gasteiger partial charge is 0.412 e. The zero-order chi connectivity index (χ0) is 46.3. The highest BCUT2D eigenvalue weighted by molar-refractivity contribution is 6.18. The van der Waals surface area contributed by atoms with Gasteiger partial charge in [-0.2, -0.15) is 0 Å². The average Bonchev–Trinajstić information content (AvgIpc) is 3.34. The van der Waals surface area contributed by atoms with Crippen molar-refractivity contribution in [3.05, 3.63) is 156 Å². The van der Waals surface area contributed by atoms with Gasteiger partial charge >= 0.3 is 12.2 Å². The van der Waals surface area contributed by atoms with Crippen LogP contribution in [-0.4, -0.2) is 77.1 Å². The average molecular weight is 925 g/mol. The van der Waals surface area contributed by atoms with Gasteiger partial charge in [-0.3, -0.25) is 4.90 Å². The fourth-order valence-electron chi connectivity index (χ4n) is 9.68. The summed E-state index contributed by atoms with van der Waals surface area (Å²) in [7, 11) is 0. The Kier molecular flexibility index (Phi) is 17.3. The van der Waals surface area contributed by atoms with Crippen LogP contribution in [0.3, 0.4) is 0 Å². The van der Waals surface area contributed by atoms with Crippen molar-refractivity contribution in [3.8, 4) is 11.5 Å². The van der Waals surface area contributed by atoms with Crippen LogP contribution in [0.5, 0.6) is 11.5 Å². The topological polar surface area (TPSA) is 148 Å². The summed E-state index contributed by atoms with van der Waals surface area (Å²) < 4.78 is 40.4. The summed E-state index contributed by atoms with van der Waals surface area (Å²) in [6, 6.07) is 29.5. The third kappa shape index (κ3) is 11.6. The number of ether oxygens (including phenoxy) is 4. The van der Waals surface area contributed by atoms with Crippen molar-refractivity contribution in [2.45, 2.75) is 82.4 Å². The molecule has 0 saturated heterocycles. The number of oxime groups is 1. The number of benzene rings is 4. The standard InChI is InChI=1S/C52H59ClFN3O9/c1-2-28-63-52-47(57(51(61)62-29-25-53)34-37-19-21-40(54)22-20-37)32-45(56-64-35-38-15-7-4-8-16-38)43-30-39(17-9-11-26-58)42(18-10-12-27-59)48(49(43)52)44-31-41(23-24-46(44)66-52)65-50(60)55-33-36-13-5-3-6-14-36/h2-8,13-16,19-24,30-31,39,42,47-49,58-59H,1,9-12,17-18,25-29,32-35H2,(H,55,60)/t39-,42+,47-,48+,49+,52+/m0/s1. The molecule has 4 aromatic carbocycles. The largest absolute Gasteiger partial charge is 0.459 e. The Bertz CT molecular complexity index is 2280. The number of hydrogen-bond acceptors (Lipinski definition) is 10. The maximum absolute atomic E-state index is 14.5. The lowest BCUT2D eigenvalue weighted by atomic mass is 9.55. The molecular weight excluding hydrogens is 865 g/mol. The molecule has 2 aliphatic carbocycles. The minimum Gasteiger partial charge on any atom is -0.459 e. The van der Waals surface area contributed by atoms with Crippen molar-refractivity contribution < 1.29 is 48.0 Å². The van der Waals surface area contributed by atoms with Crippen LogP contribution in [0.25, 0.3) is 0 Å². The predicted molar refractivity (Wildman–Crippen MR) is 250 cm³/mol. The molecule has 7 rings (SSSR count). The number of halogens is 2. The number of rotatable bonds is 22. The predicted octanol–water partition coefficient (Wildman–Crippen LogP) is 9.83. The first-order valence-electron chi connectivity index (χ1n) is 22.8. The molecule has 6 atom stereocenters. The number of unbranched alkanes of at least 4 members (excludes halogenated alkanes) is 2. The molecule has 66 heavy (non-hydrogen) atoms. The second-order valence-corrected chi connectivity index (χ2v) is 17.2. The van der Waals surface area contributed by atoms with E-state index in [1.165, 1.54) is 12.1 Å². The number of allylic oxidation sites excluding steroid dienone is 1. The van der Waals surface area contributed by atoms with Gasteiger partial charge in [-0.1, -0.05) is 103 Å². The molecule has 1 heterocycles. The third-order valence-electron chi connectivity index (χ3n) is 12.6. The zero-order valence-electron chi connectivity index (χ0n) is 37.1. The number of fused-ring (bicyclic) bond motifs is 2. The fraction of sp³-hybridized carbons (Fsp3) is 0.404. The Hall–Kier alpha value is -5.73. The molecule has 0 radical (unpaired) electrons. The number of carbonyl (C=O) groups excluding carboxylic acids is 2. The minimum absolute atomic E-state index is 0.00927. The summed E-state index contributed by atoms with van der Waals surface area (Å²) in [6.07, 6.45) is 6.79. The van der Waals surface area contributed by atoms with Gasteiger partial charge in [0.1, 0.15) is 36.6 Å². The highest BCUT2D eigenvalue weighted by Crippen LogP contribution is 2.62. The Labute approximate surface area is 391 Å². The first-order valence-corrected chi connectivity index (χ1v) is 23.3. The van der Waals surface area contributed by atoms with Gasteiger partial charge in [0.05, 0.1) is 24.1 Å². The van der Waals surface area contributed by atoms with Crippen molar-refractivity contribution >= 4 is 29.5 Å². The van der Waals surface area contributed by atoms with E-state index in [4.69, 9.17) is 40.5 Å². The quantitative estimate of drug-likeness (QED) is 0.0303. The normalized spacial score (nSPS) is 22.2. The van der Waals surface area contributed by atoms with Gasteiger partial charge in [0.25, 0.3) is 0 Å². The first-order chi connectivity index (χ1) is 32.3. The van der Waals surface area contributed by atoms with E-state index < -0.39 is 35.8 Å². The second kappa shape index (κ2) is 23.6. The van der Waals surface area contributed by atoms with Crippen molar-refractivity contribution in [3.63, 3.8) is 0 Å². The summed E-state index contributed by atoms with van der Waals surface area (Å²) in [6.45, 7) is 4.50. The van der Waals surface area contributed by atoms with E-state index in [-0.39, 0.29) is 76.2 Å². The number of carbonyl (C=O) groups is 2. The lowest BCUT2D eigenvalue weighted by Gasteiger charge is -2.59. The molecule has 12 nitrogen and oxygen atoms in total. The van der Waals surface area contributed by atoms with Crippen molar-refractivity contribution in [1.29, 1.82) is 0 Å². The Balaban J connectivity index is 1.41. The van der Waals surface area contributed by atoms with Crippen LogP contribution in [0.2, 0.25) is 0 Å². The highest BCUT2D eigenvalue weighted by atomic mass is 35.5. The molecule has 350 valence electrons.